The summed E-state index contributed by atoms with van der Waals surface area (Å²) < 4.78 is 0. The molecule has 1 N–H and O–H groups in total. The Kier molecular flexibility index (Phi) is 6.39. The van der Waals surface area contributed by atoms with Crippen LogP contribution in [-0.2, 0) is 17.6 Å². The lowest BCUT2D eigenvalue weighted by molar-refractivity contribution is -0.115. The second-order valence-corrected chi connectivity index (χ2v) is 9.30. The summed E-state index contributed by atoms with van der Waals surface area (Å²) in [6.45, 7) is 3.82. The van der Waals surface area contributed by atoms with Crippen LogP contribution in [0.3, 0.4) is 0 Å². The van der Waals surface area contributed by atoms with E-state index in [0.717, 1.165) is 41.8 Å². The summed E-state index contributed by atoms with van der Waals surface area (Å²) in [5, 5.41) is 13.0. The molecule has 0 fully saturated rings. The van der Waals surface area contributed by atoms with Crippen LogP contribution in [0.2, 0.25) is 0 Å². The van der Waals surface area contributed by atoms with Crippen LogP contribution < -0.4 is 5.32 Å². The fourth-order valence-corrected chi connectivity index (χ4v) is 4.89. The number of nitriles is 1. The largest absolute Gasteiger partial charge is 0.325 e. The highest BCUT2D eigenvalue weighted by atomic mass is 32.2. The predicted octanol–water partition coefficient (Wildman–Crippen LogP) is 5.65. The molecular weight excluding hydrogens is 402 g/mol. The quantitative estimate of drug-likeness (QED) is 0.534. The van der Waals surface area contributed by atoms with Crippen LogP contribution in [0.1, 0.15) is 47.2 Å². The number of hydrogen-bond acceptors (Lipinski definition) is 4. The number of anilines is 1. The molecule has 5 heteroatoms. The van der Waals surface area contributed by atoms with Crippen LogP contribution >= 0.6 is 11.8 Å². The molecule has 1 aliphatic rings. The molecule has 2 unspecified atom stereocenters. The number of pyridine rings is 1. The lowest BCUT2D eigenvalue weighted by Gasteiger charge is -2.25. The van der Waals surface area contributed by atoms with E-state index in [4.69, 9.17) is 4.98 Å². The van der Waals surface area contributed by atoms with Gasteiger partial charge in [0, 0.05) is 11.4 Å². The van der Waals surface area contributed by atoms with Gasteiger partial charge < -0.3 is 5.32 Å². The summed E-state index contributed by atoms with van der Waals surface area (Å²) in [4.78, 5) is 17.5. The second-order valence-electron chi connectivity index (χ2n) is 7.97. The van der Waals surface area contributed by atoms with Crippen molar-refractivity contribution in [3.05, 3.63) is 88.6 Å². The van der Waals surface area contributed by atoms with E-state index < -0.39 is 0 Å². The number of fused-ring (bicyclic) bond motifs is 1. The van der Waals surface area contributed by atoms with Crippen LogP contribution in [0.25, 0.3) is 0 Å². The van der Waals surface area contributed by atoms with Gasteiger partial charge in [0.1, 0.15) is 11.1 Å². The highest BCUT2D eigenvalue weighted by Crippen LogP contribution is 2.35. The minimum atomic E-state index is -0.363. The Morgan fingerprint density at radius 1 is 1.19 bits per heavy atom. The van der Waals surface area contributed by atoms with E-state index >= 15 is 0 Å². The Bertz CT molecular complexity index is 1140. The molecule has 0 radical (unpaired) electrons. The number of aromatic nitrogens is 1. The summed E-state index contributed by atoms with van der Waals surface area (Å²) in [7, 11) is 0. The van der Waals surface area contributed by atoms with Gasteiger partial charge in [0.15, 0.2) is 0 Å². The zero-order valence-electron chi connectivity index (χ0n) is 17.8. The first-order valence-corrected chi connectivity index (χ1v) is 11.4. The fourth-order valence-electron chi connectivity index (χ4n) is 3.99. The Morgan fingerprint density at radius 3 is 2.68 bits per heavy atom. The molecule has 0 aliphatic heterocycles. The zero-order chi connectivity index (χ0) is 21.8. The first-order chi connectivity index (χ1) is 15.0. The summed E-state index contributed by atoms with van der Waals surface area (Å²) >= 11 is 1.35. The van der Waals surface area contributed by atoms with Crippen molar-refractivity contribution in [2.24, 2.45) is 0 Å². The van der Waals surface area contributed by atoms with Crippen molar-refractivity contribution in [2.75, 3.05) is 5.32 Å². The van der Waals surface area contributed by atoms with Crippen LogP contribution in [-0.4, -0.2) is 16.1 Å². The number of carbonyl (C=O) groups excluding carboxylic acids is 1. The van der Waals surface area contributed by atoms with Crippen LogP contribution in [0.15, 0.2) is 65.7 Å². The average Bonchev–Trinajstić information content (AvgIpc) is 2.80. The predicted molar refractivity (Wildman–Crippen MR) is 125 cm³/mol. The number of para-hydroxylation sites is 1. The number of hydrogen-bond donors (Lipinski definition) is 1. The van der Waals surface area contributed by atoms with E-state index in [2.05, 4.69) is 35.7 Å². The Labute approximate surface area is 187 Å². The van der Waals surface area contributed by atoms with E-state index in [1.54, 1.807) is 0 Å². The molecular formula is C26H25N3OS. The number of aryl methyl sites for hydroxylation is 2. The molecule has 1 aromatic heterocycles. The van der Waals surface area contributed by atoms with Gasteiger partial charge in [-0.1, -0.05) is 60.3 Å². The molecule has 2 atom stereocenters. The van der Waals surface area contributed by atoms with Gasteiger partial charge >= 0.3 is 0 Å². The van der Waals surface area contributed by atoms with Crippen molar-refractivity contribution < 1.29 is 4.79 Å². The average molecular weight is 428 g/mol. The topological polar surface area (TPSA) is 65.8 Å². The van der Waals surface area contributed by atoms with Crippen LogP contribution in [0, 0.1) is 18.3 Å². The van der Waals surface area contributed by atoms with E-state index in [9.17, 15) is 10.1 Å². The summed E-state index contributed by atoms with van der Waals surface area (Å²) in [6, 6.07) is 22.5. The smallest absolute Gasteiger partial charge is 0.237 e. The lowest BCUT2D eigenvalue weighted by Crippen LogP contribution is -2.23. The standard InChI is InChI=1S/C26H25N3OS/c1-17-8-6-7-11-23(17)28-25(30)18(2)31-26-22(16-27)15-21-14-20(12-13-24(21)29-26)19-9-4-3-5-10-19/h3-11,15,18,20H,12-14H2,1-2H3,(H,28,30). The van der Waals surface area contributed by atoms with E-state index in [1.807, 2.05) is 50.2 Å². The fraction of sp³-hybridized carbons (Fsp3) is 0.269. The van der Waals surface area contributed by atoms with Gasteiger partial charge in [-0.25, -0.2) is 4.98 Å². The first-order valence-electron chi connectivity index (χ1n) is 10.6. The summed E-state index contributed by atoms with van der Waals surface area (Å²) in [5.41, 5.74) is 5.93. The number of nitrogens with zero attached hydrogens (tertiary/aromatic N) is 2. The van der Waals surface area contributed by atoms with Gasteiger partial charge in [-0.3, -0.25) is 4.79 Å². The summed E-state index contributed by atoms with van der Waals surface area (Å²) in [6.07, 6.45) is 2.83. The molecule has 0 saturated carbocycles. The molecule has 4 nitrogen and oxygen atoms in total. The Morgan fingerprint density at radius 2 is 1.94 bits per heavy atom. The first kappa shape index (κ1) is 21.1. The molecule has 1 amide bonds. The Balaban J connectivity index is 1.50. The highest BCUT2D eigenvalue weighted by Gasteiger charge is 2.25. The maximum Gasteiger partial charge on any atom is 0.237 e. The van der Waals surface area contributed by atoms with Gasteiger partial charge in [-0.2, -0.15) is 5.26 Å². The minimum Gasteiger partial charge on any atom is -0.325 e. The van der Waals surface area contributed by atoms with Gasteiger partial charge in [0.2, 0.25) is 5.91 Å². The van der Waals surface area contributed by atoms with Crippen molar-refractivity contribution in [1.82, 2.24) is 4.98 Å². The zero-order valence-corrected chi connectivity index (χ0v) is 18.6. The number of thioether (sulfide) groups is 1. The highest BCUT2D eigenvalue weighted by molar-refractivity contribution is 8.00. The van der Waals surface area contributed by atoms with Crippen LogP contribution in [0.5, 0.6) is 0 Å². The third-order valence-corrected chi connectivity index (χ3v) is 6.91. The van der Waals surface area contributed by atoms with Crippen molar-refractivity contribution in [2.45, 2.75) is 49.3 Å². The molecule has 1 aliphatic carbocycles. The van der Waals surface area contributed by atoms with E-state index in [0.29, 0.717) is 16.5 Å². The SMILES string of the molecule is Cc1ccccc1NC(=O)C(C)Sc1nc2c(cc1C#N)CC(c1ccccc1)CC2. The number of amides is 1. The molecule has 0 saturated heterocycles. The molecule has 2 aromatic carbocycles. The third kappa shape index (κ3) is 4.81. The molecule has 31 heavy (non-hydrogen) atoms. The number of carbonyl (C=O) groups is 1. The second kappa shape index (κ2) is 9.36. The normalized spacial score (nSPS) is 16.1. The van der Waals surface area contributed by atoms with Gasteiger partial charge in [-0.15, -0.1) is 0 Å². The Hall–Kier alpha value is -3.10. The van der Waals surface area contributed by atoms with Gasteiger partial charge in [-0.05, 0) is 67.9 Å². The van der Waals surface area contributed by atoms with Gasteiger partial charge in [0.05, 0.1) is 10.8 Å². The van der Waals surface area contributed by atoms with Crippen LogP contribution in [0.4, 0.5) is 5.69 Å². The number of rotatable bonds is 5. The number of nitrogens with one attached hydrogen (secondary N) is 1. The van der Waals surface area contributed by atoms with Crippen molar-refractivity contribution >= 4 is 23.4 Å². The van der Waals surface area contributed by atoms with Gasteiger partial charge in [0.25, 0.3) is 0 Å². The monoisotopic (exact) mass is 427 g/mol. The van der Waals surface area contributed by atoms with E-state index in [-0.39, 0.29) is 11.2 Å². The molecule has 1 heterocycles. The molecule has 0 bridgehead atoms. The molecule has 156 valence electrons. The van der Waals surface area contributed by atoms with Crippen molar-refractivity contribution in [1.29, 1.82) is 5.26 Å². The number of benzene rings is 2. The maximum atomic E-state index is 12.7. The maximum absolute atomic E-state index is 12.7. The van der Waals surface area contributed by atoms with Crippen molar-refractivity contribution in [3.63, 3.8) is 0 Å². The molecule has 0 spiro atoms. The lowest BCUT2D eigenvalue weighted by atomic mass is 9.82. The molecule has 3 aromatic rings. The van der Waals surface area contributed by atoms with Crippen molar-refractivity contribution in [3.8, 4) is 6.07 Å². The summed E-state index contributed by atoms with van der Waals surface area (Å²) in [5.74, 6) is 0.367. The minimum absolute atomic E-state index is 0.0909. The molecule has 4 rings (SSSR count). The van der Waals surface area contributed by atoms with E-state index in [1.165, 1.54) is 17.3 Å². The third-order valence-electron chi connectivity index (χ3n) is 5.80.